The largest absolute Gasteiger partial charge is 0.493 e. The Hall–Kier alpha value is -2.87. The molecule has 2 aromatic heterocycles. The zero-order chi connectivity index (χ0) is 20.9. The summed E-state index contributed by atoms with van der Waals surface area (Å²) in [6.45, 7) is 4.57. The third kappa shape index (κ3) is 4.48. The van der Waals surface area contributed by atoms with E-state index in [0.717, 1.165) is 40.4 Å². The molecule has 1 aromatic carbocycles. The van der Waals surface area contributed by atoms with Crippen LogP contribution in [0.3, 0.4) is 0 Å². The highest BCUT2D eigenvalue weighted by Crippen LogP contribution is 2.31. The van der Waals surface area contributed by atoms with Gasteiger partial charge in [-0.3, -0.25) is 4.79 Å². The normalized spacial score (nSPS) is 16.5. The molecule has 1 N–H and O–H groups in total. The van der Waals surface area contributed by atoms with Crippen molar-refractivity contribution in [3.05, 3.63) is 42.1 Å². The van der Waals surface area contributed by atoms with Crippen LogP contribution in [0.1, 0.15) is 25.3 Å². The lowest BCUT2D eigenvalue weighted by Crippen LogP contribution is -2.42. The van der Waals surface area contributed by atoms with Crippen molar-refractivity contribution in [3.63, 3.8) is 0 Å². The van der Waals surface area contributed by atoms with Gasteiger partial charge >= 0.3 is 0 Å². The summed E-state index contributed by atoms with van der Waals surface area (Å²) in [5.74, 6) is 1.41. The van der Waals surface area contributed by atoms with E-state index in [0.29, 0.717) is 31.2 Å². The summed E-state index contributed by atoms with van der Waals surface area (Å²) in [4.78, 5) is 25.0. The number of thiazole rings is 1. The van der Waals surface area contributed by atoms with Crippen molar-refractivity contribution in [1.82, 2.24) is 15.3 Å². The molecular formula is C22H26N4O3S. The van der Waals surface area contributed by atoms with Crippen molar-refractivity contribution in [1.29, 1.82) is 0 Å². The minimum absolute atomic E-state index is 0.0525. The molecule has 1 aliphatic rings. The zero-order valence-corrected chi connectivity index (χ0v) is 18.1. The number of piperidine rings is 1. The van der Waals surface area contributed by atoms with E-state index in [2.05, 4.69) is 15.2 Å². The van der Waals surface area contributed by atoms with Crippen LogP contribution in [0.5, 0.6) is 11.5 Å². The first-order valence-corrected chi connectivity index (χ1v) is 11.0. The number of hydrogen-bond donors (Lipinski definition) is 1. The molecule has 1 fully saturated rings. The van der Waals surface area contributed by atoms with Crippen LogP contribution in [-0.4, -0.2) is 42.7 Å². The van der Waals surface area contributed by atoms with Gasteiger partial charge in [-0.1, -0.05) is 17.4 Å². The molecular weight excluding hydrogens is 400 g/mol. The number of hydrogen-bond acceptors (Lipinski definition) is 7. The average molecular weight is 427 g/mol. The Balaban J connectivity index is 1.37. The molecule has 0 bridgehead atoms. The van der Waals surface area contributed by atoms with E-state index in [-0.39, 0.29) is 11.8 Å². The molecule has 0 radical (unpaired) electrons. The maximum absolute atomic E-state index is 12.8. The van der Waals surface area contributed by atoms with Gasteiger partial charge in [0.2, 0.25) is 5.91 Å². The first-order valence-electron chi connectivity index (χ1n) is 10.2. The summed E-state index contributed by atoms with van der Waals surface area (Å²) in [6, 6.07) is 9.62. The Bertz CT molecular complexity index is 990. The zero-order valence-electron chi connectivity index (χ0n) is 17.3. The number of methoxy groups -OCH3 is 1. The fourth-order valence-electron chi connectivity index (χ4n) is 3.69. The van der Waals surface area contributed by atoms with Crippen LogP contribution in [-0.2, 0) is 11.3 Å². The van der Waals surface area contributed by atoms with Gasteiger partial charge in [0, 0.05) is 25.8 Å². The van der Waals surface area contributed by atoms with Gasteiger partial charge in [0.05, 0.1) is 19.6 Å². The molecule has 7 nitrogen and oxygen atoms in total. The molecule has 8 heteroatoms. The lowest BCUT2D eigenvalue weighted by molar-refractivity contribution is -0.125. The van der Waals surface area contributed by atoms with Gasteiger partial charge in [0.15, 0.2) is 16.6 Å². The van der Waals surface area contributed by atoms with Crippen molar-refractivity contribution in [2.45, 2.75) is 26.3 Å². The Labute approximate surface area is 180 Å². The Morgan fingerprint density at radius 1 is 1.33 bits per heavy atom. The molecule has 3 aromatic rings. The fraction of sp³-hybridized carbons (Fsp3) is 0.409. The number of pyridine rings is 1. The summed E-state index contributed by atoms with van der Waals surface area (Å²) >= 11 is 1.58. The number of rotatable bonds is 7. The van der Waals surface area contributed by atoms with Crippen molar-refractivity contribution in [2.75, 3.05) is 31.7 Å². The number of anilines is 1. The molecule has 0 saturated carbocycles. The number of amides is 1. The smallest absolute Gasteiger partial charge is 0.225 e. The number of carbonyl (C=O) groups is 1. The Kier molecular flexibility index (Phi) is 6.32. The van der Waals surface area contributed by atoms with Gasteiger partial charge < -0.3 is 19.7 Å². The van der Waals surface area contributed by atoms with Gasteiger partial charge in [0.25, 0.3) is 0 Å². The summed E-state index contributed by atoms with van der Waals surface area (Å²) in [6.07, 6.45) is 3.64. The van der Waals surface area contributed by atoms with E-state index < -0.39 is 0 Å². The summed E-state index contributed by atoms with van der Waals surface area (Å²) < 4.78 is 10.9. The minimum atomic E-state index is -0.0525. The molecule has 158 valence electrons. The Morgan fingerprint density at radius 2 is 2.23 bits per heavy atom. The minimum Gasteiger partial charge on any atom is -0.493 e. The summed E-state index contributed by atoms with van der Waals surface area (Å²) in [5, 5.41) is 4.02. The van der Waals surface area contributed by atoms with Crippen LogP contribution in [0.4, 0.5) is 5.13 Å². The monoisotopic (exact) mass is 426 g/mol. The van der Waals surface area contributed by atoms with Crippen LogP contribution in [0.2, 0.25) is 0 Å². The molecule has 1 atom stereocenters. The van der Waals surface area contributed by atoms with Gasteiger partial charge in [-0.2, -0.15) is 0 Å². The number of nitrogens with one attached hydrogen (secondary N) is 1. The second kappa shape index (κ2) is 9.30. The molecule has 3 heterocycles. The van der Waals surface area contributed by atoms with Gasteiger partial charge in [-0.05, 0) is 49.6 Å². The molecule has 4 rings (SSSR count). The molecule has 0 unspecified atom stereocenters. The molecule has 1 amide bonds. The fourth-order valence-corrected chi connectivity index (χ4v) is 4.63. The maximum Gasteiger partial charge on any atom is 0.225 e. The summed E-state index contributed by atoms with van der Waals surface area (Å²) in [5.41, 5.74) is 1.89. The van der Waals surface area contributed by atoms with Crippen LogP contribution >= 0.6 is 11.3 Å². The molecule has 1 aliphatic heterocycles. The van der Waals surface area contributed by atoms with Crippen LogP contribution in [0.25, 0.3) is 10.3 Å². The van der Waals surface area contributed by atoms with E-state index in [9.17, 15) is 4.79 Å². The maximum atomic E-state index is 12.8. The molecule has 0 aliphatic carbocycles. The highest BCUT2D eigenvalue weighted by Gasteiger charge is 2.27. The lowest BCUT2D eigenvalue weighted by atomic mass is 9.97. The Morgan fingerprint density at radius 3 is 3.03 bits per heavy atom. The van der Waals surface area contributed by atoms with Crippen LogP contribution in [0.15, 0.2) is 36.5 Å². The third-order valence-electron chi connectivity index (χ3n) is 5.21. The SMILES string of the molecule is CCOc1ccc(CNC(=O)[C@H]2CCCN(c3nc4cccnc4s3)C2)cc1OC. The van der Waals surface area contributed by atoms with E-state index in [1.54, 1.807) is 24.6 Å². The molecule has 30 heavy (non-hydrogen) atoms. The number of aromatic nitrogens is 2. The number of ether oxygens (including phenoxy) is 2. The van der Waals surface area contributed by atoms with Crippen LogP contribution < -0.4 is 19.7 Å². The highest BCUT2D eigenvalue weighted by molar-refractivity contribution is 7.21. The average Bonchev–Trinajstić information content (AvgIpc) is 3.23. The van der Waals surface area contributed by atoms with Gasteiger partial charge in [-0.25, -0.2) is 9.97 Å². The molecule has 0 spiro atoms. The number of fused-ring (bicyclic) bond motifs is 1. The van der Waals surface area contributed by atoms with Crippen molar-refractivity contribution in [3.8, 4) is 11.5 Å². The number of carbonyl (C=O) groups excluding carboxylic acids is 1. The van der Waals surface area contributed by atoms with E-state index in [1.807, 2.05) is 37.3 Å². The van der Waals surface area contributed by atoms with Gasteiger partial charge in [0.1, 0.15) is 10.3 Å². The quantitative estimate of drug-likeness (QED) is 0.622. The predicted molar refractivity (Wildman–Crippen MR) is 118 cm³/mol. The first kappa shape index (κ1) is 20.4. The second-order valence-electron chi connectivity index (χ2n) is 7.25. The third-order valence-corrected chi connectivity index (χ3v) is 6.25. The number of benzene rings is 1. The van der Waals surface area contributed by atoms with E-state index >= 15 is 0 Å². The summed E-state index contributed by atoms with van der Waals surface area (Å²) in [7, 11) is 1.62. The molecule has 1 saturated heterocycles. The van der Waals surface area contributed by atoms with E-state index in [4.69, 9.17) is 14.5 Å². The standard InChI is InChI=1S/C22H26N4O3S/c1-3-29-18-9-8-15(12-19(18)28-2)13-24-20(27)16-6-5-11-26(14-16)22-25-17-7-4-10-23-21(17)30-22/h4,7-10,12,16H,3,5-6,11,13-14H2,1-2H3,(H,24,27)/t16-/m0/s1. The van der Waals surface area contributed by atoms with Crippen LogP contribution in [0, 0.1) is 5.92 Å². The van der Waals surface area contributed by atoms with Crippen molar-refractivity contribution >= 4 is 32.7 Å². The van der Waals surface area contributed by atoms with Gasteiger partial charge in [-0.15, -0.1) is 0 Å². The first-order chi connectivity index (χ1) is 14.7. The van der Waals surface area contributed by atoms with E-state index in [1.165, 1.54) is 0 Å². The number of nitrogens with zero attached hydrogens (tertiary/aromatic N) is 3. The predicted octanol–water partition coefficient (Wildman–Crippen LogP) is 3.63. The highest BCUT2D eigenvalue weighted by atomic mass is 32.1. The topological polar surface area (TPSA) is 76.6 Å². The second-order valence-corrected chi connectivity index (χ2v) is 8.20. The van der Waals surface area contributed by atoms with Crippen molar-refractivity contribution < 1.29 is 14.3 Å². The lowest BCUT2D eigenvalue weighted by Gasteiger charge is -2.31. The van der Waals surface area contributed by atoms with Crippen molar-refractivity contribution in [2.24, 2.45) is 5.92 Å².